The molecule has 1 unspecified atom stereocenters. The molecule has 3 aromatic carbocycles. The third-order valence-electron chi connectivity index (χ3n) is 8.65. The van der Waals surface area contributed by atoms with Gasteiger partial charge >= 0.3 is 6.03 Å². The normalized spacial score (nSPS) is 14.6. The molecule has 46 heavy (non-hydrogen) atoms. The highest BCUT2D eigenvalue weighted by atomic mass is 16.3. The standard InChI is InChI=1S/C37H40N6O3/c1-23-13-15-25(16-14-23)43-32(22-31(42-43)37(2,3)4)41-36(46)40-30-12-8-6-10-27(30)34(24-17-19-38-20-18-24)35(45)28-21-33(44)39-29-11-7-5-9-26(28)29/h5-16,21-22,24,34,38H,17-20H2,1-4H3,(H,39,44)(H2,40,41,46). The van der Waals surface area contributed by atoms with Gasteiger partial charge in [0, 0.05) is 34.2 Å². The second kappa shape index (κ2) is 12.8. The molecule has 0 bridgehead atoms. The molecule has 5 aromatic rings. The van der Waals surface area contributed by atoms with E-state index in [2.05, 4.69) is 41.7 Å². The van der Waals surface area contributed by atoms with Crippen LogP contribution >= 0.6 is 0 Å². The van der Waals surface area contributed by atoms with Crippen LogP contribution in [0.5, 0.6) is 5.88 Å². The van der Waals surface area contributed by atoms with Crippen molar-refractivity contribution >= 4 is 34.2 Å². The van der Waals surface area contributed by atoms with E-state index in [9.17, 15) is 14.7 Å². The Hall–Kier alpha value is -5.02. The Balaban J connectivity index is 1.35. The number of carbonyl (C=O) groups is 2. The lowest BCUT2D eigenvalue weighted by Gasteiger charge is -2.31. The highest BCUT2D eigenvalue weighted by Crippen LogP contribution is 2.39. The van der Waals surface area contributed by atoms with Crippen LogP contribution in [0.15, 0.2) is 84.9 Å². The van der Waals surface area contributed by atoms with Crippen LogP contribution in [0, 0.1) is 12.8 Å². The van der Waals surface area contributed by atoms with Crippen LogP contribution in [-0.2, 0) is 5.41 Å². The average Bonchev–Trinajstić information content (AvgIpc) is 3.46. The van der Waals surface area contributed by atoms with Crippen LogP contribution in [0.25, 0.3) is 16.6 Å². The zero-order chi connectivity index (χ0) is 32.4. The van der Waals surface area contributed by atoms with Gasteiger partial charge in [0.15, 0.2) is 5.78 Å². The van der Waals surface area contributed by atoms with Gasteiger partial charge in [-0.05, 0) is 68.6 Å². The van der Waals surface area contributed by atoms with Crippen molar-refractivity contribution in [3.63, 3.8) is 0 Å². The maximum Gasteiger partial charge on any atom is 0.324 e. The molecular formula is C37H40N6O3. The first-order chi connectivity index (χ1) is 22.1. The zero-order valence-electron chi connectivity index (χ0n) is 26.7. The van der Waals surface area contributed by atoms with Gasteiger partial charge in [-0.3, -0.25) is 10.1 Å². The Morgan fingerprint density at radius 2 is 1.63 bits per heavy atom. The summed E-state index contributed by atoms with van der Waals surface area (Å²) < 4.78 is 1.74. The summed E-state index contributed by atoms with van der Waals surface area (Å²) in [6.45, 7) is 9.87. The number of aromatic nitrogens is 3. The van der Waals surface area contributed by atoms with Crippen LogP contribution in [0.2, 0.25) is 0 Å². The van der Waals surface area contributed by atoms with Crippen LogP contribution in [-0.4, -0.2) is 44.8 Å². The molecule has 2 aromatic heterocycles. The fraction of sp³-hybridized carbons (Fsp3) is 0.297. The molecule has 0 saturated carbocycles. The Morgan fingerprint density at radius 3 is 2.37 bits per heavy atom. The predicted molar refractivity (Wildman–Crippen MR) is 182 cm³/mol. The van der Waals surface area contributed by atoms with Gasteiger partial charge in [0.25, 0.3) is 0 Å². The molecule has 4 N–H and O–H groups in total. The fourth-order valence-corrected chi connectivity index (χ4v) is 6.19. The zero-order valence-corrected chi connectivity index (χ0v) is 26.7. The minimum Gasteiger partial charge on any atom is -0.493 e. The molecule has 1 aliphatic heterocycles. The van der Waals surface area contributed by atoms with E-state index in [-0.39, 0.29) is 23.0 Å². The van der Waals surface area contributed by atoms with Crippen LogP contribution in [0.3, 0.4) is 0 Å². The molecule has 0 aliphatic carbocycles. The Kier molecular flexibility index (Phi) is 8.60. The number of benzene rings is 3. The van der Waals surface area contributed by atoms with Gasteiger partial charge in [0.05, 0.1) is 22.8 Å². The number of carbonyl (C=O) groups excluding carboxylic acids is 2. The van der Waals surface area contributed by atoms with Gasteiger partial charge in [-0.1, -0.05) is 74.9 Å². The van der Waals surface area contributed by atoms with Gasteiger partial charge in [-0.25, -0.2) is 14.5 Å². The van der Waals surface area contributed by atoms with E-state index < -0.39 is 11.9 Å². The topological polar surface area (TPSA) is 121 Å². The number of urea groups is 1. The minimum atomic E-state index is -0.547. The van der Waals surface area contributed by atoms with Crippen LogP contribution in [0.1, 0.15) is 66.7 Å². The first kappa shape index (κ1) is 31.0. The summed E-state index contributed by atoms with van der Waals surface area (Å²) in [6.07, 6.45) is 1.61. The van der Waals surface area contributed by atoms with Crippen molar-refractivity contribution in [2.24, 2.45) is 5.92 Å². The summed E-state index contributed by atoms with van der Waals surface area (Å²) in [4.78, 5) is 32.5. The number of piperidine rings is 1. The van der Waals surface area contributed by atoms with E-state index in [1.165, 1.54) is 6.07 Å². The first-order valence-corrected chi connectivity index (χ1v) is 15.8. The van der Waals surface area contributed by atoms with E-state index in [0.717, 1.165) is 48.4 Å². The van der Waals surface area contributed by atoms with Crippen LogP contribution in [0.4, 0.5) is 16.3 Å². The van der Waals surface area contributed by atoms with Crippen molar-refractivity contribution in [3.8, 4) is 11.6 Å². The molecule has 0 radical (unpaired) electrons. The monoisotopic (exact) mass is 616 g/mol. The number of hydrogen-bond acceptors (Lipinski definition) is 6. The van der Waals surface area contributed by atoms with E-state index in [4.69, 9.17) is 5.10 Å². The van der Waals surface area contributed by atoms with E-state index in [1.807, 2.05) is 79.7 Å². The Bertz CT molecular complexity index is 1880. The van der Waals surface area contributed by atoms with Crippen molar-refractivity contribution in [1.82, 2.24) is 20.1 Å². The number of para-hydroxylation sites is 2. The lowest BCUT2D eigenvalue weighted by Crippen LogP contribution is -2.34. The number of nitrogens with zero attached hydrogens (tertiary/aromatic N) is 3. The van der Waals surface area contributed by atoms with Gasteiger partial charge < -0.3 is 15.7 Å². The summed E-state index contributed by atoms with van der Waals surface area (Å²) in [6, 6.07) is 25.7. The molecule has 9 nitrogen and oxygen atoms in total. The maximum absolute atomic E-state index is 14.6. The molecule has 3 heterocycles. The maximum atomic E-state index is 14.6. The van der Waals surface area contributed by atoms with Crippen molar-refractivity contribution in [2.45, 2.75) is 51.9 Å². The second-order valence-corrected chi connectivity index (χ2v) is 13.1. The van der Waals surface area contributed by atoms with Gasteiger partial charge in [-0.15, -0.1) is 0 Å². The first-order valence-electron chi connectivity index (χ1n) is 15.8. The molecule has 1 aliphatic rings. The lowest BCUT2D eigenvalue weighted by atomic mass is 9.75. The fourth-order valence-electron chi connectivity index (χ4n) is 6.19. The molecule has 9 heteroatoms. The summed E-state index contributed by atoms with van der Waals surface area (Å²) in [7, 11) is 0. The number of aromatic hydroxyl groups is 1. The SMILES string of the molecule is Cc1ccc(-n2nc(C(C)(C)C)cc2NC(=O)Nc2ccccc2C(C(=O)c2cc(O)nc3ccccc23)C2CCNCC2)cc1. The number of rotatable bonds is 7. The number of hydrogen-bond donors (Lipinski definition) is 4. The number of amides is 2. The molecule has 1 atom stereocenters. The van der Waals surface area contributed by atoms with Crippen molar-refractivity contribution in [2.75, 3.05) is 23.7 Å². The van der Waals surface area contributed by atoms with Gasteiger partial charge in [-0.2, -0.15) is 5.10 Å². The Morgan fingerprint density at radius 1 is 0.935 bits per heavy atom. The lowest BCUT2D eigenvalue weighted by molar-refractivity contribution is 0.0917. The molecule has 2 amide bonds. The predicted octanol–water partition coefficient (Wildman–Crippen LogP) is 7.34. The quantitative estimate of drug-likeness (QED) is 0.142. The molecule has 6 rings (SSSR count). The highest BCUT2D eigenvalue weighted by molar-refractivity contribution is 6.11. The third kappa shape index (κ3) is 6.50. The number of Topliss-reactive ketones (excluding diaryl/α,β-unsaturated/α-hetero) is 1. The smallest absolute Gasteiger partial charge is 0.324 e. The van der Waals surface area contributed by atoms with Gasteiger partial charge in [0.1, 0.15) is 5.82 Å². The average molecular weight is 617 g/mol. The minimum absolute atomic E-state index is 0.0335. The number of anilines is 2. The molecule has 1 fully saturated rings. The molecule has 1 saturated heterocycles. The molecular weight excluding hydrogens is 576 g/mol. The molecule has 236 valence electrons. The Labute approximate surface area is 269 Å². The molecule has 0 spiro atoms. The van der Waals surface area contributed by atoms with Crippen LogP contribution < -0.4 is 16.0 Å². The summed E-state index contributed by atoms with van der Waals surface area (Å²) in [5.74, 6) is -0.284. The van der Waals surface area contributed by atoms with E-state index in [0.29, 0.717) is 28.0 Å². The van der Waals surface area contributed by atoms with Crippen molar-refractivity contribution in [1.29, 1.82) is 0 Å². The van der Waals surface area contributed by atoms with Crippen molar-refractivity contribution < 1.29 is 14.7 Å². The highest BCUT2D eigenvalue weighted by Gasteiger charge is 2.34. The summed E-state index contributed by atoms with van der Waals surface area (Å²) >= 11 is 0. The third-order valence-corrected chi connectivity index (χ3v) is 8.65. The number of aryl methyl sites for hydroxylation is 1. The van der Waals surface area contributed by atoms with E-state index in [1.54, 1.807) is 10.7 Å². The number of ketones is 1. The van der Waals surface area contributed by atoms with E-state index >= 15 is 0 Å². The summed E-state index contributed by atoms with van der Waals surface area (Å²) in [5, 5.41) is 25.4. The summed E-state index contributed by atoms with van der Waals surface area (Å²) in [5.41, 5.74) is 4.83. The number of nitrogens with one attached hydrogen (secondary N) is 3. The number of pyridine rings is 1. The second-order valence-electron chi connectivity index (χ2n) is 13.1. The van der Waals surface area contributed by atoms with Crippen molar-refractivity contribution in [3.05, 3.63) is 107 Å². The van der Waals surface area contributed by atoms with Gasteiger partial charge in [0.2, 0.25) is 5.88 Å². The number of fused-ring (bicyclic) bond motifs is 1. The largest absolute Gasteiger partial charge is 0.493 e.